The molecule has 5 nitrogen and oxygen atoms in total. The number of ether oxygens (including phenoxy) is 2. The summed E-state index contributed by atoms with van der Waals surface area (Å²) in [4.78, 5) is 8.28. The van der Waals surface area contributed by atoms with Gasteiger partial charge in [-0.3, -0.25) is 0 Å². The third-order valence-corrected chi connectivity index (χ3v) is 2.45. The zero-order valence-corrected chi connectivity index (χ0v) is 11.2. The van der Waals surface area contributed by atoms with Crippen LogP contribution in [-0.2, 0) is 0 Å². The van der Waals surface area contributed by atoms with Crippen molar-refractivity contribution in [2.24, 2.45) is 5.73 Å². The molecule has 2 aromatic rings. The van der Waals surface area contributed by atoms with E-state index in [0.717, 1.165) is 0 Å². The first-order valence-electron chi connectivity index (χ1n) is 5.73. The van der Waals surface area contributed by atoms with Crippen molar-refractivity contribution in [1.82, 2.24) is 9.97 Å². The number of hydrogen-bond donors (Lipinski definition) is 1. The SMILES string of the molecule is CCOc1ccccc1Oc1nccnc1C(N)=S. The second kappa shape index (κ2) is 6.10. The van der Waals surface area contributed by atoms with Gasteiger partial charge in [0.15, 0.2) is 17.2 Å². The van der Waals surface area contributed by atoms with Crippen molar-refractivity contribution < 1.29 is 9.47 Å². The lowest BCUT2D eigenvalue weighted by atomic mass is 10.3. The first-order valence-corrected chi connectivity index (χ1v) is 6.13. The van der Waals surface area contributed by atoms with Gasteiger partial charge in [0.2, 0.25) is 5.88 Å². The van der Waals surface area contributed by atoms with Gasteiger partial charge in [0, 0.05) is 12.4 Å². The van der Waals surface area contributed by atoms with Crippen LogP contribution in [0.3, 0.4) is 0 Å². The normalized spacial score (nSPS) is 9.95. The summed E-state index contributed by atoms with van der Waals surface area (Å²) < 4.78 is 11.2. The Kier molecular flexibility index (Phi) is 4.25. The molecule has 2 rings (SSSR count). The van der Waals surface area contributed by atoms with Crippen molar-refractivity contribution in [3.05, 3.63) is 42.4 Å². The fourth-order valence-corrected chi connectivity index (χ4v) is 1.62. The van der Waals surface area contributed by atoms with E-state index in [1.807, 2.05) is 25.1 Å². The van der Waals surface area contributed by atoms with E-state index in [-0.39, 0.29) is 10.9 Å². The second-order valence-electron chi connectivity index (χ2n) is 3.56. The number of benzene rings is 1. The Morgan fingerprint density at radius 1 is 1.21 bits per heavy atom. The average molecular weight is 275 g/mol. The van der Waals surface area contributed by atoms with Gasteiger partial charge in [0.1, 0.15) is 4.99 Å². The van der Waals surface area contributed by atoms with Crippen LogP contribution in [-0.4, -0.2) is 21.6 Å². The maximum atomic E-state index is 5.69. The van der Waals surface area contributed by atoms with Crippen LogP contribution in [0, 0.1) is 0 Å². The number of thiocarbonyl (C=S) groups is 1. The van der Waals surface area contributed by atoms with Crippen LogP contribution in [0.4, 0.5) is 0 Å². The Morgan fingerprint density at radius 3 is 2.58 bits per heavy atom. The molecule has 0 fully saturated rings. The molecule has 0 spiro atoms. The van der Waals surface area contributed by atoms with E-state index in [9.17, 15) is 0 Å². The van der Waals surface area contributed by atoms with Crippen LogP contribution in [0.25, 0.3) is 0 Å². The molecule has 0 radical (unpaired) electrons. The summed E-state index contributed by atoms with van der Waals surface area (Å²) in [7, 11) is 0. The monoisotopic (exact) mass is 275 g/mol. The van der Waals surface area contributed by atoms with Crippen LogP contribution >= 0.6 is 12.2 Å². The lowest BCUT2D eigenvalue weighted by molar-refractivity contribution is 0.319. The number of hydrogen-bond acceptors (Lipinski definition) is 5. The van der Waals surface area contributed by atoms with Gasteiger partial charge in [-0.25, -0.2) is 9.97 Å². The Bertz CT molecular complexity index is 590. The van der Waals surface area contributed by atoms with Crippen LogP contribution in [0.2, 0.25) is 0 Å². The molecule has 0 unspecified atom stereocenters. The minimum Gasteiger partial charge on any atom is -0.490 e. The molecule has 1 aromatic carbocycles. The van der Waals surface area contributed by atoms with E-state index in [4.69, 9.17) is 27.4 Å². The van der Waals surface area contributed by atoms with Crippen molar-refractivity contribution in [3.63, 3.8) is 0 Å². The number of nitrogens with two attached hydrogens (primary N) is 1. The van der Waals surface area contributed by atoms with E-state index in [2.05, 4.69) is 9.97 Å². The van der Waals surface area contributed by atoms with Gasteiger partial charge in [-0.1, -0.05) is 24.4 Å². The van der Waals surface area contributed by atoms with Crippen LogP contribution in [0.1, 0.15) is 12.6 Å². The topological polar surface area (TPSA) is 70.3 Å². The van der Waals surface area contributed by atoms with Gasteiger partial charge in [-0.15, -0.1) is 0 Å². The van der Waals surface area contributed by atoms with Crippen molar-refractivity contribution in [2.45, 2.75) is 6.92 Å². The Hall–Kier alpha value is -2.21. The molecule has 6 heteroatoms. The van der Waals surface area contributed by atoms with E-state index >= 15 is 0 Å². The Balaban J connectivity index is 2.34. The summed E-state index contributed by atoms with van der Waals surface area (Å²) in [6.45, 7) is 2.45. The fraction of sp³-hybridized carbons (Fsp3) is 0.154. The number of rotatable bonds is 5. The predicted octanol–water partition coefficient (Wildman–Crippen LogP) is 2.30. The zero-order valence-electron chi connectivity index (χ0n) is 10.4. The molecular formula is C13H13N3O2S. The van der Waals surface area contributed by atoms with Crippen LogP contribution in [0.5, 0.6) is 17.4 Å². The molecule has 1 aromatic heterocycles. The maximum absolute atomic E-state index is 5.69. The van der Waals surface area contributed by atoms with Gasteiger partial charge in [0.25, 0.3) is 0 Å². The number of aromatic nitrogens is 2. The minimum atomic E-state index is 0.136. The third kappa shape index (κ3) is 3.17. The molecule has 0 aliphatic heterocycles. The average Bonchev–Trinajstić information content (AvgIpc) is 2.42. The summed E-state index contributed by atoms with van der Waals surface area (Å²) in [5, 5.41) is 0. The van der Waals surface area contributed by atoms with Gasteiger partial charge >= 0.3 is 0 Å². The fourth-order valence-electron chi connectivity index (χ4n) is 1.48. The highest BCUT2D eigenvalue weighted by Gasteiger charge is 2.12. The van der Waals surface area contributed by atoms with Crippen molar-refractivity contribution in [2.75, 3.05) is 6.61 Å². The van der Waals surface area contributed by atoms with Gasteiger partial charge < -0.3 is 15.2 Å². The van der Waals surface area contributed by atoms with Crippen molar-refractivity contribution in [3.8, 4) is 17.4 Å². The summed E-state index contributed by atoms with van der Waals surface area (Å²) in [6, 6.07) is 7.30. The molecule has 0 amide bonds. The van der Waals surface area contributed by atoms with Gasteiger partial charge in [-0.2, -0.15) is 0 Å². The Morgan fingerprint density at radius 2 is 1.89 bits per heavy atom. The summed E-state index contributed by atoms with van der Waals surface area (Å²) in [5.74, 6) is 1.44. The molecule has 98 valence electrons. The van der Waals surface area contributed by atoms with Crippen molar-refractivity contribution >= 4 is 17.2 Å². The van der Waals surface area contributed by atoms with Gasteiger partial charge in [0.05, 0.1) is 6.61 Å². The first-order chi connectivity index (χ1) is 9.22. The predicted molar refractivity (Wildman–Crippen MR) is 75.6 cm³/mol. The van der Waals surface area contributed by atoms with E-state index in [1.165, 1.54) is 12.4 Å². The smallest absolute Gasteiger partial charge is 0.248 e. The quantitative estimate of drug-likeness (QED) is 0.844. The molecule has 1 heterocycles. The third-order valence-electron chi connectivity index (χ3n) is 2.25. The standard InChI is InChI=1S/C13H13N3O2S/c1-2-17-9-5-3-4-6-10(9)18-13-11(12(14)19)15-7-8-16-13/h3-8H,2H2,1H3,(H2,14,19). The first kappa shape index (κ1) is 13.2. The zero-order chi connectivity index (χ0) is 13.7. The molecule has 0 saturated carbocycles. The molecule has 19 heavy (non-hydrogen) atoms. The maximum Gasteiger partial charge on any atom is 0.248 e. The number of nitrogens with zero attached hydrogens (tertiary/aromatic N) is 2. The lowest BCUT2D eigenvalue weighted by Crippen LogP contribution is -2.13. The summed E-state index contributed by atoms with van der Waals surface area (Å²) >= 11 is 4.91. The lowest BCUT2D eigenvalue weighted by Gasteiger charge is -2.11. The van der Waals surface area contributed by atoms with E-state index < -0.39 is 0 Å². The van der Waals surface area contributed by atoms with Crippen LogP contribution in [0.15, 0.2) is 36.7 Å². The molecule has 0 aliphatic carbocycles. The molecule has 0 atom stereocenters. The van der Waals surface area contributed by atoms with Crippen molar-refractivity contribution in [1.29, 1.82) is 0 Å². The highest BCUT2D eigenvalue weighted by molar-refractivity contribution is 7.80. The molecule has 0 saturated heterocycles. The van der Waals surface area contributed by atoms with E-state index in [1.54, 1.807) is 6.07 Å². The summed E-state index contributed by atoms with van der Waals surface area (Å²) in [5.41, 5.74) is 5.93. The Labute approximate surface area is 116 Å². The molecule has 2 N–H and O–H groups in total. The minimum absolute atomic E-state index is 0.136. The summed E-state index contributed by atoms with van der Waals surface area (Å²) in [6.07, 6.45) is 3.02. The highest BCUT2D eigenvalue weighted by atomic mass is 32.1. The highest BCUT2D eigenvalue weighted by Crippen LogP contribution is 2.31. The van der Waals surface area contributed by atoms with Gasteiger partial charge in [-0.05, 0) is 19.1 Å². The molecule has 0 aliphatic rings. The second-order valence-corrected chi connectivity index (χ2v) is 4.00. The largest absolute Gasteiger partial charge is 0.490 e. The molecular weight excluding hydrogens is 262 g/mol. The van der Waals surface area contributed by atoms with E-state index in [0.29, 0.717) is 23.8 Å². The number of para-hydroxylation sites is 2. The molecule has 0 bridgehead atoms. The van der Waals surface area contributed by atoms with Crippen LogP contribution < -0.4 is 15.2 Å².